The van der Waals surface area contributed by atoms with Crippen LogP contribution >= 0.6 is 0 Å². The highest BCUT2D eigenvalue weighted by molar-refractivity contribution is 5.98. The van der Waals surface area contributed by atoms with E-state index in [1.807, 2.05) is 0 Å². The minimum absolute atomic E-state index is 0.212. The van der Waals surface area contributed by atoms with E-state index < -0.39 is 11.4 Å². The van der Waals surface area contributed by atoms with Gasteiger partial charge in [0, 0.05) is 11.8 Å². The maximum Gasteiger partial charge on any atom is 0.255 e. The minimum atomic E-state index is -0.811. The van der Waals surface area contributed by atoms with Gasteiger partial charge in [0.1, 0.15) is 0 Å². The number of nitrogens with two attached hydrogens (primary N) is 2. The lowest BCUT2D eigenvalue weighted by molar-refractivity contribution is -0.121. The van der Waals surface area contributed by atoms with E-state index >= 15 is 0 Å². The molecule has 22 heavy (non-hydrogen) atoms. The van der Waals surface area contributed by atoms with Crippen LogP contribution in [-0.4, -0.2) is 31.1 Å². The highest BCUT2D eigenvalue weighted by Gasteiger charge is 2.37. The molecular formula is C15H21N3O4. The van der Waals surface area contributed by atoms with Crippen molar-refractivity contribution in [1.82, 2.24) is 0 Å². The van der Waals surface area contributed by atoms with Crippen molar-refractivity contribution in [1.29, 1.82) is 0 Å². The van der Waals surface area contributed by atoms with E-state index in [0.29, 0.717) is 30.0 Å². The number of primary amides is 1. The van der Waals surface area contributed by atoms with Gasteiger partial charge in [0.2, 0.25) is 5.91 Å². The molecule has 7 heteroatoms. The first kappa shape index (κ1) is 16.1. The Labute approximate surface area is 128 Å². The second-order valence-corrected chi connectivity index (χ2v) is 5.44. The fraction of sp³-hybridized carbons (Fsp3) is 0.467. The second kappa shape index (κ2) is 6.65. The van der Waals surface area contributed by atoms with Crippen molar-refractivity contribution >= 4 is 17.5 Å². The highest BCUT2D eigenvalue weighted by Crippen LogP contribution is 2.32. The molecule has 0 heterocycles. The molecular weight excluding hydrogens is 286 g/mol. The van der Waals surface area contributed by atoms with Crippen molar-refractivity contribution in [3.8, 4) is 11.5 Å². The van der Waals surface area contributed by atoms with E-state index in [-0.39, 0.29) is 12.5 Å². The van der Waals surface area contributed by atoms with Crippen LogP contribution in [0.2, 0.25) is 0 Å². The molecule has 2 rings (SSSR count). The Morgan fingerprint density at radius 2 is 1.95 bits per heavy atom. The third-order valence-electron chi connectivity index (χ3n) is 3.74. The maximum absolute atomic E-state index is 12.3. The van der Waals surface area contributed by atoms with Crippen molar-refractivity contribution in [3.63, 3.8) is 0 Å². The number of methoxy groups -OCH3 is 1. The first-order valence-electron chi connectivity index (χ1n) is 7.14. The summed E-state index contributed by atoms with van der Waals surface area (Å²) in [7, 11) is 1.48. The molecule has 0 saturated heterocycles. The molecule has 1 aliphatic carbocycles. The zero-order chi connectivity index (χ0) is 16.2. The van der Waals surface area contributed by atoms with Gasteiger partial charge in [0.05, 0.1) is 12.6 Å². The molecule has 0 spiro atoms. The van der Waals surface area contributed by atoms with Crippen molar-refractivity contribution in [3.05, 3.63) is 18.2 Å². The first-order chi connectivity index (χ1) is 10.4. The van der Waals surface area contributed by atoms with Gasteiger partial charge in [-0.1, -0.05) is 12.8 Å². The molecule has 1 aliphatic rings. The number of ether oxygens (including phenoxy) is 2. The van der Waals surface area contributed by atoms with E-state index in [1.165, 1.54) is 7.11 Å². The Morgan fingerprint density at radius 1 is 1.27 bits per heavy atom. The summed E-state index contributed by atoms with van der Waals surface area (Å²) in [5, 5.41) is 2.79. The largest absolute Gasteiger partial charge is 0.493 e. The molecule has 7 nitrogen and oxygen atoms in total. The zero-order valence-corrected chi connectivity index (χ0v) is 12.6. The molecule has 0 aliphatic heterocycles. The molecule has 0 aromatic heterocycles. The number of hydrogen-bond acceptors (Lipinski definition) is 5. The number of amides is 2. The normalized spacial score (nSPS) is 16.1. The van der Waals surface area contributed by atoms with E-state index in [0.717, 1.165) is 12.8 Å². The van der Waals surface area contributed by atoms with Gasteiger partial charge < -0.3 is 26.3 Å². The SMILES string of the molecule is COc1ccc(NC(=O)C2(N)CCCC2)cc1OCC(N)=O. The molecule has 0 bridgehead atoms. The van der Waals surface area contributed by atoms with Crippen LogP contribution in [0.5, 0.6) is 11.5 Å². The van der Waals surface area contributed by atoms with Crippen LogP contribution in [0.25, 0.3) is 0 Å². The third kappa shape index (κ3) is 3.67. The van der Waals surface area contributed by atoms with Gasteiger partial charge in [0.25, 0.3) is 5.91 Å². The van der Waals surface area contributed by atoms with Gasteiger partial charge in [-0.2, -0.15) is 0 Å². The summed E-state index contributed by atoms with van der Waals surface area (Å²) in [5.74, 6) is -0.0291. The first-order valence-corrected chi connectivity index (χ1v) is 7.14. The van der Waals surface area contributed by atoms with Crippen molar-refractivity contribution in [2.75, 3.05) is 19.0 Å². The molecule has 0 atom stereocenters. The summed E-state index contributed by atoms with van der Waals surface area (Å²) in [6, 6.07) is 4.91. The molecule has 0 radical (unpaired) electrons. The number of hydrogen-bond donors (Lipinski definition) is 3. The number of carbonyl (C=O) groups is 2. The molecule has 0 unspecified atom stereocenters. The lowest BCUT2D eigenvalue weighted by Crippen LogP contribution is -2.48. The van der Waals surface area contributed by atoms with Crippen LogP contribution in [0.15, 0.2) is 18.2 Å². The van der Waals surface area contributed by atoms with Gasteiger partial charge >= 0.3 is 0 Å². The molecule has 120 valence electrons. The fourth-order valence-corrected chi connectivity index (χ4v) is 2.50. The molecule has 1 aromatic rings. The predicted octanol–water partition coefficient (Wildman–Crippen LogP) is 0.769. The number of benzene rings is 1. The Hall–Kier alpha value is -2.28. The summed E-state index contributed by atoms with van der Waals surface area (Å²) in [6.07, 6.45) is 3.28. The summed E-state index contributed by atoms with van der Waals surface area (Å²) in [4.78, 5) is 23.1. The average Bonchev–Trinajstić information content (AvgIpc) is 2.93. The van der Waals surface area contributed by atoms with E-state index in [9.17, 15) is 9.59 Å². The molecule has 1 fully saturated rings. The summed E-state index contributed by atoms with van der Waals surface area (Å²) < 4.78 is 10.4. The van der Waals surface area contributed by atoms with Crippen LogP contribution in [0, 0.1) is 0 Å². The molecule has 1 aromatic carbocycles. The quantitative estimate of drug-likeness (QED) is 0.717. The standard InChI is InChI=1S/C15H21N3O4/c1-21-11-5-4-10(8-12(11)22-9-13(16)19)18-14(20)15(17)6-2-3-7-15/h4-5,8H,2-3,6-7,9,17H2,1H3,(H2,16,19)(H,18,20). The minimum Gasteiger partial charge on any atom is -0.493 e. The van der Waals surface area contributed by atoms with Gasteiger partial charge in [-0.3, -0.25) is 9.59 Å². The number of rotatable bonds is 6. The van der Waals surface area contributed by atoms with Gasteiger partial charge in [-0.15, -0.1) is 0 Å². The molecule has 2 amide bonds. The van der Waals surface area contributed by atoms with Gasteiger partial charge in [-0.25, -0.2) is 0 Å². The van der Waals surface area contributed by atoms with E-state index in [1.54, 1.807) is 18.2 Å². The third-order valence-corrected chi connectivity index (χ3v) is 3.74. The van der Waals surface area contributed by atoms with Crippen molar-refractivity contribution in [2.45, 2.75) is 31.2 Å². The summed E-state index contributed by atoms with van der Waals surface area (Å²) in [5.41, 5.74) is 10.9. The van der Waals surface area contributed by atoms with Crippen LogP contribution < -0.4 is 26.3 Å². The fourth-order valence-electron chi connectivity index (χ4n) is 2.50. The maximum atomic E-state index is 12.3. The number of nitrogens with one attached hydrogen (secondary N) is 1. The summed E-state index contributed by atoms with van der Waals surface area (Å²) >= 11 is 0. The Kier molecular flexibility index (Phi) is 4.87. The second-order valence-electron chi connectivity index (χ2n) is 5.44. The number of carbonyl (C=O) groups excluding carboxylic acids is 2. The predicted molar refractivity (Wildman–Crippen MR) is 81.7 cm³/mol. The zero-order valence-electron chi connectivity index (χ0n) is 12.6. The van der Waals surface area contributed by atoms with Gasteiger partial charge in [0.15, 0.2) is 18.1 Å². The summed E-state index contributed by atoms with van der Waals surface area (Å²) in [6.45, 7) is -0.269. The van der Waals surface area contributed by atoms with Crippen molar-refractivity contribution < 1.29 is 19.1 Å². The average molecular weight is 307 g/mol. The highest BCUT2D eigenvalue weighted by atomic mass is 16.5. The Morgan fingerprint density at radius 3 is 2.55 bits per heavy atom. The molecule has 5 N–H and O–H groups in total. The van der Waals surface area contributed by atoms with E-state index in [2.05, 4.69) is 5.32 Å². The monoisotopic (exact) mass is 307 g/mol. The molecule has 1 saturated carbocycles. The van der Waals surface area contributed by atoms with Crippen LogP contribution in [0.3, 0.4) is 0 Å². The van der Waals surface area contributed by atoms with Crippen LogP contribution in [0.1, 0.15) is 25.7 Å². The lowest BCUT2D eigenvalue weighted by atomic mass is 9.98. The lowest BCUT2D eigenvalue weighted by Gasteiger charge is -2.22. The number of anilines is 1. The van der Waals surface area contributed by atoms with Crippen LogP contribution in [-0.2, 0) is 9.59 Å². The van der Waals surface area contributed by atoms with E-state index in [4.69, 9.17) is 20.9 Å². The van der Waals surface area contributed by atoms with Crippen LogP contribution in [0.4, 0.5) is 5.69 Å². The van der Waals surface area contributed by atoms with Gasteiger partial charge in [-0.05, 0) is 25.0 Å². The van der Waals surface area contributed by atoms with Crippen molar-refractivity contribution in [2.24, 2.45) is 11.5 Å². The Bertz CT molecular complexity index is 568. The Balaban J connectivity index is 2.12. The smallest absolute Gasteiger partial charge is 0.255 e. The topological polar surface area (TPSA) is 117 Å².